The molecule has 1 aromatic rings. The fourth-order valence-corrected chi connectivity index (χ4v) is 5.24. The van der Waals surface area contributed by atoms with Crippen LogP contribution in [0.2, 0.25) is 0 Å². The molecule has 2 unspecified atom stereocenters. The maximum absolute atomic E-state index is 13.0. The molecule has 14 nitrogen and oxygen atoms in total. The summed E-state index contributed by atoms with van der Waals surface area (Å²) >= 11 is 2.35. The minimum Gasteiger partial charge on any atom is -0.434 e. The van der Waals surface area contributed by atoms with Gasteiger partial charge in [-0.1, -0.05) is 12.1 Å². The zero-order chi connectivity index (χ0) is 26.4. The number of β-lactam (4-membered cyclic amide) rings is 1. The molecule has 2 aliphatic rings. The summed E-state index contributed by atoms with van der Waals surface area (Å²) in [6.07, 6.45) is -1.69. The number of anilines is 1. The monoisotopic (exact) mass is 543 g/mol. The first-order valence-corrected chi connectivity index (χ1v) is 12.6. The Hall–Kier alpha value is -3.37. The van der Waals surface area contributed by atoms with E-state index in [4.69, 9.17) is 24.7 Å². The molecule has 1 saturated heterocycles. The van der Waals surface area contributed by atoms with Gasteiger partial charge in [0.25, 0.3) is 11.8 Å². The molecule has 4 N–H and O–H groups in total. The molecule has 3 rings (SSSR count). The van der Waals surface area contributed by atoms with Crippen LogP contribution in [0.25, 0.3) is 0 Å². The molecule has 0 radical (unpaired) electrons. The Morgan fingerprint density at radius 3 is 2.75 bits per heavy atom. The van der Waals surface area contributed by atoms with Crippen LogP contribution in [0, 0.1) is 0 Å². The van der Waals surface area contributed by atoms with Gasteiger partial charge in [-0.2, -0.15) is 0 Å². The summed E-state index contributed by atoms with van der Waals surface area (Å²) in [5, 5.41) is 15.7. The van der Waals surface area contributed by atoms with Gasteiger partial charge in [0.05, 0.1) is 13.2 Å². The van der Waals surface area contributed by atoms with Crippen LogP contribution in [-0.4, -0.2) is 88.5 Å². The summed E-state index contributed by atoms with van der Waals surface area (Å²) in [5.74, 6) is -2.04. The quantitative estimate of drug-likeness (QED) is 0.0933. The molecule has 1 fully saturated rings. The van der Waals surface area contributed by atoms with E-state index in [1.165, 1.54) is 36.1 Å². The Kier molecular flexibility index (Phi) is 9.11. The van der Waals surface area contributed by atoms with Crippen LogP contribution in [0.4, 0.5) is 9.93 Å². The van der Waals surface area contributed by atoms with Crippen molar-refractivity contribution >= 4 is 57.9 Å². The number of carbonyl (C=O) groups excluding carboxylic acids is 4. The molecule has 3 heterocycles. The number of methoxy groups -OCH3 is 1. The average Bonchev–Trinajstić information content (AvgIpc) is 3.26. The molecule has 0 bridgehead atoms. The SMILES string of the molecule is CCCOC(=O)OC(C)OC(=O)C1=C(COC)CS[C@H]2C(NC(=O)C(=NO)c3csc(N)n3)C(=O)N12. The van der Waals surface area contributed by atoms with Gasteiger partial charge >= 0.3 is 12.1 Å². The Bertz CT molecular complexity index is 1090. The lowest BCUT2D eigenvalue weighted by Gasteiger charge is -2.49. The van der Waals surface area contributed by atoms with Crippen molar-refractivity contribution in [1.29, 1.82) is 0 Å². The van der Waals surface area contributed by atoms with Crippen LogP contribution in [-0.2, 0) is 33.3 Å². The predicted molar refractivity (Wildman–Crippen MR) is 127 cm³/mol. The number of thiazole rings is 1. The van der Waals surface area contributed by atoms with Crippen LogP contribution in [0.15, 0.2) is 21.8 Å². The third-order valence-corrected chi connectivity index (χ3v) is 6.90. The number of thioether (sulfide) groups is 1. The fourth-order valence-electron chi connectivity index (χ4n) is 3.36. The van der Waals surface area contributed by atoms with E-state index >= 15 is 0 Å². The average molecular weight is 544 g/mol. The molecular weight excluding hydrogens is 518 g/mol. The number of rotatable bonds is 10. The summed E-state index contributed by atoms with van der Waals surface area (Å²) in [6, 6.07) is -1.01. The number of aromatic nitrogens is 1. The zero-order valence-electron chi connectivity index (χ0n) is 19.6. The van der Waals surface area contributed by atoms with E-state index in [9.17, 15) is 24.4 Å². The summed E-state index contributed by atoms with van der Waals surface area (Å²) in [5.41, 5.74) is 5.63. The number of amides is 2. The molecule has 0 aromatic carbocycles. The van der Waals surface area contributed by atoms with Gasteiger partial charge in [0, 0.05) is 25.2 Å². The standard InChI is InChI=1S/C20H25N5O9S2/c1-4-5-32-20(29)34-9(2)33-18(28)14-10(6-31-3)7-35-17-13(16(27)25(14)17)23-15(26)12(24-30)11-8-36-19(21)22-11/h8-9,13,17,30H,4-7H2,1-3H3,(H2,21,22)(H,23,26)/t9?,13?,17-/m0/s1. The third kappa shape index (κ3) is 5.88. The molecule has 2 amide bonds. The normalized spacial score (nSPS) is 20.2. The number of oxime groups is 1. The first-order valence-electron chi connectivity index (χ1n) is 10.7. The summed E-state index contributed by atoms with van der Waals surface area (Å²) in [7, 11) is 1.43. The Morgan fingerprint density at radius 2 is 2.14 bits per heavy atom. The number of fused-ring (bicyclic) bond motifs is 1. The highest BCUT2D eigenvalue weighted by atomic mass is 32.2. The highest BCUT2D eigenvalue weighted by molar-refractivity contribution is 8.00. The van der Waals surface area contributed by atoms with Crippen molar-refractivity contribution in [3.63, 3.8) is 0 Å². The number of hydrogen-bond donors (Lipinski definition) is 3. The predicted octanol–water partition coefficient (Wildman–Crippen LogP) is 0.656. The van der Waals surface area contributed by atoms with Gasteiger partial charge in [-0.3, -0.25) is 14.5 Å². The van der Waals surface area contributed by atoms with Crippen LogP contribution in [0.1, 0.15) is 26.0 Å². The van der Waals surface area contributed by atoms with Crippen molar-refractivity contribution in [2.75, 3.05) is 31.8 Å². The first-order chi connectivity index (χ1) is 17.2. The van der Waals surface area contributed by atoms with Gasteiger partial charge in [-0.15, -0.1) is 23.1 Å². The molecule has 196 valence electrons. The Balaban J connectivity index is 1.71. The highest BCUT2D eigenvalue weighted by Gasteiger charge is 2.55. The van der Waals surface area contributed by atoms with E-state index in [1.807, 2.05) is 6.92 Å². The van der Waals surface area contributed by atoms with Crippen molar-refractivity contribution in [3.05, 3.63) is 22.3 Å². The number of ether oxygens (including phenoxy) is 4. The van der Waals surface area contributed by atoms with Crippen molar-refractivity contribution in [1.82, 2.24) is 15.2 Å². The molecule has 3 atom stereocenters. The lowest BCUT2D eigenvalue weighted by molar-refractivity contribution is -0.169. The highest BCUT2D eigenvalue weighted by Crippen LogP contribution is 2.40. The van der Waals surface area contributed by atoms with Crippen LogP contribution >= 0.6 is 23.1 Å². The number of esters is 1. The van der Waals surface area contributed by atoms with Crippen LogP contribution < -0.4 is 11.1 Å². The van der Waals surface area contributed by atoms with Gasteiger partial charge < -0.3 is 35.2 Å². The Labute approximate surface area is 213 Å². The lowest BCUT2D eigenvalue weighted by Crippen LogP contribution is -2.71. The van der Waals surface area contributed by atoms with E-state index in [0.29, 0.717) is 17.7 Å². The summed E-state index contributed by atoms with van der Waals surface area (Å²) in [6.45, 7) is 3.34. The van der Waals surface area contributed by atoms with Gasteiger partial charge in [0.15, 0.2) is 10.8 Å². The van der Waals surface area contributed by atoms with Gasteiger partial charge in [0.1, 0.15) is 22.8 Å². The molecule has 0 spiro atoms. The summed E-state index contributed by atoms with van der Waals surface area (Å²) in [4.78, 5) is 55.4. The van der Waals surface area contributed by atoms with Crippen LogP contribution in [0.5, 0.6) is 0 Å². The first kappa shape index (κ1) is 27.2. The summed E-state index contributed by atoms with van der Waals surface area (Å²) < 4.78 is 20.1. The zero-order valence-corrected chi connectivity index (χ0v) is 21.2. The fraction of sp³-hybridized carbons (Fsp3) is 0.500. The van der Waals surface area contributed by atoms with E-state index in [1.54, 1.807) is 0 Å². The second kappa shape index (κ2) is 12.0. The van der Waals surface area contributed by atoms with Gasteiger partial charge in [0.2, 0.25) is 6.29 Å². The number of nitrogens with one attached hydrogen (secondary N) is 1. The minimum atomic E-state index is -1.29. The number of nitrogens with zero attached hydrogens (tertiary/aromatic N) is 3. The maximum Gasteiger partial charge on any atom is 0.511 e. The number of nitrogen functional groups attached to an aromatic ring is 1. The van der Waals surface area contributed by atoms with Crippen molar-refractivity contribution in [3.8, 4) is 0 Å². The van der Waals surface area contributed by atoms with Crippen LogP contribution in [0.3, 0.4) is 0 Å². The van der Waals surface area contributed by atoms with Crippen molar-refractivity contribution in [2.24, 2.45) is 5.16 Å². The van der Waals surface area contributed by atoms with E-state index < -0.39 is 47.4 Å². The van der Waals surface area contributed by atoms with Gasteiger partial charge in [-0.25, -0.2) is 14.6 Å². The largest absolute Gasteiger partial charge is 0.511 e. The molecule has 36 heavy (non-hydrogen) atoms. The molecule has 0 saturated carbocycles. The molecular formula is C20H25N5O9S2. The smallest absolute Gasteiger partial charge is 0.434 e. The lowest BCUT2D eigenvalue weighted by atomic mass is 10.0. The van der Waals surface area contributed by atoms with E-state index in [2.05, 4.69) is 15.5 Å². The molecule has 2 aliphatic heterocycles. The van der Waals surface area contributed by atoms with Crippen molar-refractivity contribution in [2.45, 2.75) is 38.0 Å². The second-order valence-corrected chi connectivity index (χ2v) is 9.45. The third-order valence-electron chi connectivity index (χ3n) is 4.88. The number of hydrogen-bond acceptors (Lipinski definition) is 14. The topological polar surface area (TPSA) is 192 Å². The van der Waals surface area contributed by atoms with Gasteiger partial charge in [-0.05, 0) is 12.0 Å². The second-order valence-electron chi connectivity index (χ2n) is 7.45. The van der Waals surface area contributed by atoms with E-state index in [-0.39, 0.29) is 29.7 Å². The molecule has 16 heteroatoms. The van der Waals surface area contributed by atoms with Crippen molar-refractivity contribution < 1.29 is 43.3 Å². The Morgan fingerprint density at radius 1 is 1.39 bits per heavy atom. The molecule has 1 aromatic heterocycles. The number of carbonyl (C=O) groups is 4. The van der Waals surface area contributed by atoms with E-state index in [0.717, 1.165) is 11.3 Å². The maximum atomic E-state index is 13.0. The molecule has 0 aliphatic carbocycles. The number of nitrogens with two attached hydrogens (primary N) is 1. The minimum absolute atomic E-state index is 0.0469.